The normalized spacial score (nSPS) is 34.2. The first-order valence-corrected chi connectivity index (χ1v) is 8.60. The number of benzene rings is 1. The zero-order chi connectivity index (χ0) is 13.2. The number of nitrogens with one attached hydrogen (secondary N) is 1. The van der Waals surface area contributed by atoms with Crippen molar-refractivity contribution in [3.63, 3.8) is 0 Å². The van der Waals surface area contributed by atoms with Gasteiger partial charge in [-0.1, -0.05) is 24.6 Å². The Bertz CT molecular complexity index is 431. The lowest BCUT2D eigenvalue weighted by Gasteiger charge is -2.39. The lowest BCUT2D eigenvalue weighted by atomic mass is 9.75. The predicted molar refractivity (Wildman–Crippen MR) is 80.2 cm³/mol. The summed E-state index contributed by atoms with van der Waals surface area (Å²) < 4.78 is 13.7. The van der Waals surface area contributed by atoms with Crippen molar-refractivity contribution < 1.29 is 4.39 Å². The molecule has 0 aromatic heterocycles. The molecule has 0 heterocycles. The minimum atomic E-state index is -0.0335. The van der Waals surface area contributed by atoms with Crippen LogP contribution in [0.5, 0.6) is 0 Å². The SMILES string of the molecule is CSC1CCCC1NC1CC(c2ccccc2F)C1. The number of halogens is 1. The van der Waals surface area contributed by atoms with E-state index < -0.39 is 0 Å². The second kappa shape index (κ2) is 5.84. The standard InChI is InChI=1S/C16H22FNS/c1-19-16-8-4-7-15(16)18-12-9-11(10-12)13-5-2-3-6-14(13)17/h2-3,5-6,11-12,15-16,18H,4,7-10H2,1H3. The zero-order valence-corrected chi connectivity index (χ0v) is 12.3. The summed E-state index contributed by atoms with van der Waals surface area (Å²) >= 11 is 1.99. The molecule has 1 aromatic carbocycles. The average Bonchev–Trinajstić information content (AvgIpc) is 2.82. The van der Waals surface area contributed by atoms with Crippen LogP contribution in [0.25, 0.3) is 0 Å². The topological polar surface area (TPSA) is 12.0 Å². The molecule has 0 radical (unpaired) electrons. The van der Waals surface area contributed by atoms with Gasteiger partial charge < -0.3 is 5.32 Å². The Labute approximate surface area is 119 Å². The molecule has 1 nitrogen and oxygen atoms in total. The van der Waals surface area contributed by atoms with Crippen LogP contribution >= 0.6 is 11.8 Å². The van der Waals surface area contributed by atoms with E-state index in [4.69, 9.17) is 0 Å². The first kappa shape index (κ1) is 13.4. The van der Waals surface area contributed by atoms with E-state index in [2.05, 4.69) is 11.6 Å². The van der Waals surface area contributed by atoms with Crippen LogP contribution in [0.4, 0.5) is 4.39 Å². The molecule has 2 aliphatic carbocycles. The molecule has 2 unspecified atom stereocenters. The summed E-state index contributed by atoms with van der Waals surface area (Å²) in [5, 5.41) is 4.58. The summed E-state index contributed by atoms with van der Waals surface area (Å²) in [6.07, 6.45) is 8.42. The summed E-state index contributed by atoms with van der Waals surface area (Å²) in [7, 11) is 0. The van der Waals surface area contributed by atoms with E-state index in [1.54, 1.807) is 12.1 Å². The van der Waals surface area contributed by atoms with Crippen LogP contribution < -0.4 is 5.32 Å². The number of thioether (sulfide) groups is 1. The molecule has 0 amide bonds. The highest BCUT2D eigenvalue weighted by atomic mass is 32.2. The highest BCUT2D eigenvalue weighted by Crippen LogP contribution is 2.39. The maximum atomic E-state index is 13.7. The molecule has 3 heteroatoms. The highest BCUT2D eigenvalue weighted by molar-refractivity contribution is 7.99. The molecule has 2 atom stereocenters. The van der Waals surface area contributed by atoms with Crippen molar-refractivity contribution in [2.75, 3.05) is 6.26 Å². The number of hydrogen-bond acceptors (Lipinski definition) is 2. The number of hydrogen-bond donors (Lipinski definition) is 1. The van der Waals surface area contributed by atoms with E-state index in [1.165, 1.54) is 19.3 Å². The summed E-state index contributed by atoms with van der Waals surface area (Å²) in [6, 6.07) is 8.52. The average molecular weight is 279 g/mol. The van der Waals surface area contributed by atoms with E-state index in [0.29, 0.717) is 18.0 Å². The predicted octanol–water partition coefficient (Wildman–Crippen LogP) is 3.95. The molecule has 104 valence electrons. The fraction of sp³-hybridized carbons (Fsp3) is 0.625. The van der Waals surface area contributed by atoms with E-state index in [1.807, 2.05) is 23.9 Å². The van der Waals surface area contributed by atoms with Gasteiger partial charge in [-0.2, -0.15) is 11.8 Å². The van der Waals surface area contributed by atoms with Crippen molar-refractivity contribution in [3.05, 3.63) is 35.6 Å². The van der Waals surface area contributed by atoms with Gasteiger partial charge in [0.2, 0.25) is 0 Å². The first-order chi connectivity index (χ1) is 9.28. The van der Waals surface area contributed by atoms with Gasteiger partial charge in [0.15, 0.2) is 0 Å². The van der Waals surface area contributed by atoms with Gasteiger partial charge in [0.05, 0.1) is 0 Å². The maximum Gasteiger partial charge on any atom is 0.126 e. The molecule has 2 aliphatic rings. The van der Waals surface area contributed by atoms with Crippen molar-refractivity contribution >= 4 is 11.8 Å². The Hall–Kier alpha value is -0.540. The number of rotatable bonds is 4. The van der Waals surface area contributed by atoms with Crippen LogP contribution in [-0.2, 0) is 0 Å². The van der Waals surface area contributed by atoms with Gasteiger partial charge in [-0.05, 0) is 49.5 Å². The molecule has 0 spiro atoms. The van der Waals surface area contributed by atoms with Gasteiger partial charge in [-0.25, -0.2) is 4.39 Å². The second-order valence-corrected chi connectivity index (χ2v) is 6.94. The summed E-state index contributed by atoms with van der Waals surface area (Å²) in [4.78, 5) is 0. The van der Waals surface area contributed by atoms with Crippen molar-refractivity contribution in [2.45, 2.75) is 55.4 Å². The Morgan fingerprint density at radius 3 is 2.74 bits per heavy atom. The van der Waals surface area contributed by atoms with Crippen LogP contribution in [0.15, 0.2) is 24.3 Å². The van der Waals surface area contributed by atoms with Gasteiger partial charge in [0, 0.05) is 17.3 Å². The monoisotopic (exact) mass is 279 g/mol. The third-order valence-corrected chi connectivity index (χ3v) is 5.86. The summed E-state index contributed by atoms with van der Waals surface area (Å²) in [5.74, 6) is 0.390. The van der Waals surface area contributed by atoms with Gasteiger partial charge in [-0.15, -0.1) is 0 Å². The molecule has 2 saturated carbocycles. The molecule has 0 bridgehead atoms. The lowest BCUT2D eigenvalue weighted by molar-refractivity contribution is 0.262. The molecule has 0 aliphatic heterocycles. The van der Waals surface area contributed by atoms with Crippen molar-refractivity contribution in [2.24, 2.45) is 0 Å². The molecule has 3 rings (SSSR count). The Kier molecular flexibility index (Phi) is 4.13. The smallest absolute Gasteiger partial charge is 0.126 e. The van der Waals surface area contributed by atoms with Crippen molar-refractivity contribution in [3.8, 4) is 0 Å². The molecular formula is C16H22FNS. The van der Waals surface area contributed by atoms with Crippen LogP contribution in [0, 0.1) is 5.82 Å². The van der Waals surface area contributed by atoms with E-state index in [0.717, 1.165) is 23.7 Å². The van der Waals surface area contributed by atoms with Gasteiger partial charge >= 0.3 is 0 Å². The molecular weight excluding hydrogens is 257 g/mol. The van der Waals surface area contributed by atoms with E-state index >= 15 is 0 Å². The van der Waals surface area contributed by atoms with Crippen molar-refractivity contribution in [1.82, 2.24) is 5.32 Å². The Balaban J connectivity index is 1.52. The molecule has 1 aromatic rings. The van der Waals surface area contributed by atoms with Crippen LogP contribution in [0.3, 0.4) is 0 Å². The quantitative estimate of drug-likeness (QED) is 0.896. The fourth-order valence-corrected chi connectivity index (χ4v) is 4.46. The third-order valence-electron chi connectivity index (χ3n) is 4.69. The van der Waals surface area contributed by atoms with Gasteiger partial charge in [-0.3, -0.25) is 0 Å². The molecule has 19 heavy (non-hydrogen) atoms. The van der Waals surface area contributed by atoms with Crippen LogP contribution in [0.1, 0.15) is 43.6 Å². The van der Waals surface area contributed by atoms with Gasteiger partial charge in [0.25, 0.3) is 0 Å². The van der Waals surface area contributed by atoms with E-state index in [-0.39, 0.29) is 5.82 Å². The van der Waals surface area contributed by atoms with Crippen LogP contribution in [-0.4, -0.2) is 23.6 Å². The van der Waals surface area contributed by atoms with Crippen LogP contribution in [0.2, 0.25) is 0 Å². The largest absolute Gasteiger partial charge is 0.310 e. The molecule has 1 N–H and O–H groups in total. The van der Waals surface area contributed by atoms with E-state index in [9.17, 15) is 4.39 Å². The van der Waals surface area contributed by atoms with Crippen molar-refractivity contribution in [1.29, 1.82) is 0 Å². The minimum Gasteiger partial charge on any atom is -0.310 e. The molecule has 0 saturated heterocycles. The lowest BCUT2D eigenvalue weighted by Crippen LogP contribution is -2.47. The fourth-order valence-electron chi connectivity index (χ4n) is 3.52. The second-order valence-electron chi connectivity index (χ2n) is 5.86. The highest BCUT2D eigenvalue weighted by Gasteiger charge is 2.35. The Morgan fingerprint density at radius 2 is 2.00 bits per heavy atom. The maximum absolute atomic E-state index is 13.7. The summed E-state index contributed by atoms with van der Waals surface area (Å²) in [5.41, 5.74) is 0.911. The minimum absolute atomic E-state index is 0.0335. The molecule has 2 fully saturated rings. The third kappa shape index (κ3) is 2.82. The zero-order valence-electron chi connectivity index (χ0n) is 11.4. The summed E-state index contributed by atoms with van der Waals surface area (Å²) in [6.45, 7) is 0. The Morgan fingerprint density at radius 1 is 1.21 bits per heavy atom. The first-order valence-electron chi connectivity index (χ1n) is 7.31. The van der Waals surface area contributed by atoms with Gasteiger partial charge in [0.1, 0.15) is 5.82 Å².